The van der Waals surface area contributed by atoms with Crippen LogP contribution in [0, 0.1) is 0 Å². The number of carbonyl (C=O) groups excluding carboxylic acids is 1. The van der Waals surface area contributed by atoms with E-state index in [2.05, 4.69) is 0 Å². The van der Waals surface area contributed by atoms with Crippen molar-refractivity contribution in [3.8, 4) is 5.75 Å². The van der Waals surface area contributed by atoms with Crippen molar-refractivity contribution in [3.63, 3.8) is 0 Å². The molecule has 1 heterocycles. The number of phenolic OH excluding ortho intramolecular Hbond substituents is 1. The molecule has 6 nitrogen and oxygen atoms in total. The van der Waals surface area contributed by atoms with Gasteiger partial charge in [0.15, 0.2) is 6.10 Å². The number of nitrogens with zero attached hydrogens (tertiary/aromatic N) is 1. The molecule has 1 aromatic carbocycles. The predicted octanol–water partition coefficient (Wildman–Crippen LogP) is 0.717. The van der Waals surface area contributed by atoms with Crippen LogP contribution in [0.2, 0.25) is 0 Å². The Balaban J connectivity index is 1.97. The first-order valence-corrected chi connectivity index (χ1v) is 6.16. The normalized spacial score (nSPS) is 19.2. The maximum absolute atomic E-state index is 11.9. The van der Waals surface area contributed by atoms with E-state index >= 15 is 0 Å². The number of phenols is 1. The topological polar surface area (TPSA) is 87.1 Å². The largest absolute Gasteiger partial charge is 0.508 e. The molecule has 1 aliphatic rings. The van der Waals surface area contributed by atoms with E-state index in [1.54, 1.807) is 18.2 Å². The average molecular weight is 277 g/mol. The molecule has 0 spiro atoms. The number of hydrogen-bond acceptors (Lipinski definition) is 4. The molecule has 2 rings (SSSR count). The zero-order valence-corrected chi connectivity index (χ0v) is 10.7. The average Bonchev–Trinajstić information content (AvgIpc) is 2.46. The summed E-state index contributed by atoms with van der Waals surface area (Å²) >= 11 is 0. The van der Waals surface area contributed by atoms with Crippen LogP contribution in [0.5, 0.6) is 5.75 Å². The molecule has 0 aliphatic carbocycles. The molecule has 0 aromatic heterocycles. The van der Waals surface area contributed by atoms with Crippen molar-refractivity contribution in [2.24, 2.45) is 0 Å². The Bertz CT molecular complexity index is 523. The highest BCUT2D eigenvalue weighted by atomic mass is 16.5. The number of aliphatic carboxylic acids is 1. The molecule has 6 heteroatoms. The van der Waals surface area contributed by atoms with Crippen molar-refractivity contribution in [1.29, 1.82) is 0 Å². The molecular weight excluding hydrogens is 262 g/mol. The van der Waals surface area contributed by atoms with E-state index < -0.39 is 12.1 Å². The first-order valence-electron chi connectivity index (χ1n) is 6.16. The summed E-state index contributed by atoms with van der Waals surface area (Å²) in [5.41, 5.74) is 0.777. The summed E-state index contributed by atoms with van der Waals surface area (Å²) < 4.78 is 5.05. The molecule has 20 heavy (non-hydrogen) atoms. The van der Waals surface area contributed by atoms with E-state index in [-0.39, 0.29) is 24.8 Å². The van der Waals surface area contributed by atoms with Gasteiger partial charge in [-0.25, -0.2) is 4.79 Å². The number of carboxylic acids is 1. The summed E-state index contributed by atoms with van der Waals surface area (Å²) in [6, 6.07) is 6.41. The Labute approximate surface area is 115 Å². The number of aromatic hydroxyl groups is 1. The van der Waals surface area contributed by atoms with Gasteiger partial charge in [-0.15, -0.1) is 0 Å². The third-order valence-electron chi connectivity index (χ3n) is 2.97. The van der Waals surface area contributed by atoms with Crippen LogP contribution in [0.25, 0.3) is 6.08 Å². The molecule has 1 atom stereocenters. The number of rotatable bonds is 3. The Morgan fingerprint density at radius 2 is 2.00 bits per heavy atom. The van der Waals surface area contributed by atoms with Crippen molar-refractivity contribution in [3.05, 3.63) is 35.9 Å². The summed E-state index contributed by atoms with van der Waals surface area (Å²) in [5.74, 6) is -1.16. The van der Waals surface area contributed by atoms with Gasteiger partial charge >= 0.3 is 5.97 Å². The zero-order valence-electron chi connectivity index (χ0n) is 10.7. The summed E-state index contributed by atoms with van der Waals surface area (Å²) in [6.07, 6.45) is 2.04. The quantitative estimate of drug-likeness (QED) is 0.795. The van der Waals surface area contributed by atoms with Gasteiger partial charge in [0.25, 0.3) is 0 Å². The zero-order chi connectivity index (χ0) is 14.5. The molecule has 0 saturated carbocycles. The highest BCUT2D eigenvalue weighted by molar-refractivity contribution is 5.92. The van der Waals surface area contributed by atoms with Gasteiger partial charge in [0.2, 0.25) is 5.91 Å². The second-order valence-electron chi connectivity index (χ2n) is 4.41. The Morgan fingerprint density at radius 1 is 1.30 bits per heavy atom. The fraction of sp³-hybridized carbons (Fsp3) is 0.286. The van der Waals surface area contributed by atoms with E-state index in [1.165, 1.54) is 23.1 Å². The Morgan fingerprint density at radius 3 is 2.65 bits per heavy atom. The van der Waals surface area contributed by atoms with Crippen molar-refractivity contribution in [2.75, 3.05) is 19.7 Å². The number of ether oxygens (including phenoxy) is 1. The molecule has 1 aromatic rings. The van der Waals surface area contributed by atoms with Crippen molar-refractivity contribution < 1.29 is 24.5 Å². The van der Waals surface area contributed by atoms with Crippen LogP contribution in [-0.2, 0) is 14.3 Å². The van der Waals surface area contributed by atoms with Gasteiger partial charge < -0.3 is 19.8 Å². The van der Waals surface area contributed by atoms with Crippen LogP contribution in [0.4, 0.5) is 0 Å². The van der Waals surface area contributed by atoms with Gasteiger partial charge in [0.05, 0.1) is 13.2 Å². The third kappa shape index (κ3) is 3.58. The number of morpholine rings is 1. The lowest BCUT2D eigenvalue weighted by Crippen LogP contribution is -2.48. The van der Waals surface area contributed by atoms with Gasteiger partial charge in [0.1, 0.15) is 5.75 Å². The first-order chi connectivity index (χ1) is 9.56. The van der Waals surface area contributed by atoms with E-state index in [0.717, 1.165) is 5.56 Å². The van der Waals surface area contributed by atoms with Crippen molar-refractivity contribution in [1.82, 2.24) is 4.90 Å². The van der Waals surface area contributed by atoms with Gasteiger partial charge in [-0.1, -0.05) is 12.1 Å². The second-order valence-corrected chi connectivity index (χ2v) is 4.41. The van der Waals surface area contributed by atoms with Crippen LogP contribution in [0.3, 0.4) is 0 Å². The van der Waals surface area contributed by atoms with E-state index in [4.69, 9.17) is 14.9 Å². The van der Waals surface area contributed by atoms with Gasteiger partial charge in [0, 0.05) is 12.6 Å². The summed E-state index contributed by atoms with van der Waals surface area (Å²) in [6.45, 7) is 0.645. The van der Waals surface area contributed by atoms with Crippen LogP contribution < -0.4 is 0 Å². The summed E-state index contributed by atoms with van der Waals surface area (Å²) in [5, 5.41) is 18.0. The van der Waals surface area contributed by atoms with Gasteiger partial charge in [-0.2, -0.15) is 0 Å². The molecule has 0 bridgehead atoms. The monoisotopic (exact) mass is 277 g/mol. The number of carboxylic acid groups (broad SMARTS) is 1. The fourth-order valence-electron chi connectivity index (χ4n) is 1.86. The minimum atomic E-state index is -1.06. The molecule has 2 N–H and O–H groups in total. The molecule has 1 saturated heterocycles. The van der Waals surface area contributed by atoms with Gasteiger partial charge in [-0.05, 0) is 23.8 Å². The number of carbonyl (C=O) groups is 2. The van der Waals surface area contributed by atoms with E-state index in [0.29, 0.717) is 6.54 Å². The Kier molecular flexibility index (Phi) is 4.37. The van der Waals surface area contributed by atoms with Crippen LogP contribution in [-0.4, -0.2) is 52.8 Å². The third-order valence-corrected chi connectivity index (χ3v) is 2.97. The lowest BCUT2D eigenvalue weighted by Gasteiger charge is -2.30. The molecular formula is C14H15NO5. The second kappa shape index (κ2) is 6.21. The minimum absolute atomic E-state index is 0.0497. The molecule has 0 radical (unpaired) electrons. The number of amides is 1. The SMILES string of the molecule is O=C(O)C1CN(C(=O)C=Cc2ccc(O)cc2)CCO1. The fourth-order valence-corrected chi connectivity index (χ4v) is 1.86. The summed E-state index contributed by atoms with van der Waals surface area (Å²) in [7, 11) is 0. The lowest BCUT2D eigenvalue weighted by molar-refractivity contribution is -0.158. The smallest absolute Gasteiger partial charge is 0.334 e. The maximum Gasteiger partial charge on any atom is 0.334 e. The highest BCUT2D eigenvalue weighted by Crippen LogP contribution is 2.11. The van der Waals surface area contributed by atoms with Gasteiger partial charge in [-0.3, -0.25) is 4.79 Å². The molecule has 1 unspecified atom stereocenters. The summed E-state index contributed by atoms with van der Waals surface area (Å²) in [4.78, 5) is 24.2. The number of hydrogen-bond donors (Lipinski definition) is 2. The first kappa shape index (κ1) is 14.1. The van der Waals surface area contributed by atoms with Crippen LogP contribution in [0.1, 0.15) is 5.56 Å². The lowest BCUT2D eigenvalue weighted by atomic mass is 10.2. The molecule has 1 fully saturated rings. The molecule has 1 aliphatic heterocycles. The highest BCUT2D eigenvalue weighted by Gasteiger charge is 2.27. The van der Waals surface area contributed by atoms with E-state index in [9.17, 15) is 9.59 Å². The Hall–Kier alpha value is -2.34. The minimum Gasteiger partial charge on any atom is -0.508 e. The van der Waals surface area contributed by atoms with E-state index in [1.807, 2.05) is 0 Å². The van der Waals surface area contributed by atoms with Crippen molar-refractivity contribution >= 4 is 18.0 Å². The standard InChI is InChI=1S/C14H15NO5/c16-11-4-1-10(2-5-11)3-6-13(17)15-7-8-20-12(9-15)14(18)19/h1-6,12,16H,7-9H2,(H,18,19). The van der Waals surface area contributed by atoms with Crippen LogP contribution in [0.15, 0.2) is 30.3 Å². The predicted molar refractivity (Wildman–Crippen MR) is 71.1 cm³/mol. The molecule has 106 valence electrons. The van der Waals surface area contributed by atoms with Crippen molar-refractivity contribution in [2.45, 2.75) is 6.10 Å². The maximum atomic E-state index is 11.9. The molecule has 1 amide bonds. The number of benzene rings is 1. The van der Waals surface area contributed by atoms with Crippen LogP contribution >= 0.6 is 0 Å².